The predicted octanol–water partition coefficient (Wildman–Crippen LogP) is 1.96. The van der Waals surface area contributed by atoms with Crippen molar-refractivity contribution >= 4 is 23.4 Å². The first-order chi connectivity index (χ1) is 9.02. The van der Waals surface area contributed by atoms with Crippen LogP contribution < -0.4 is 4.90 Å². The Kier molecular flexibility index (Phi) is 4.27. The van der Waals surface area contributed by atoms with Gasteiger partial charge in [-0.15, -0.1) is 0 Å². The van der Waals surface area contributed by atoms with Crippen molar-refractivity contribution in [1.29, 1.82) is 0 Å². The Hall–Kier alpha value is -1.33. The van der Waals surface area contributed by atoms with Gasteiger partial charge < -0.3 is 10.0 Å². The first-order valence-electron chi connectivity index (χ1n) is 6.40. The molecular formula is C13H18ClN3O2. The topological polar surface area (TPSA) is 56.7 Å². The highest BCUT2D eigenvalue weighted by Gasteiger charge is 2.24. The summed E-state index contributed by atoms with van der Waals surface area (Å²) in [5.74, 6) is -0.335. The van der Waals surface area contributed by atoms with Gasteiger partial charge in [0.2, 0.25) is 0 Å². The number of aromatic nitrogens is 1. The number of nitrogens with zero attached hydrogens (tertiary/aromatic N) is 3. The zero-order valence-electron chi connectivity index (χ0n) is 11.1. The minimum atomic E-state index is -1.02. The zero-order chi connectivity index (χ0) is 14.0. The molecule has 104 valence electrons. The number of halogens is 1. The summed E-state index contributed by atoms with van der Waals surface area (Å²) < 4.78 is 0. The van der Waals surface area contributed by atoms with Crippen LogP contribution in [-0.2, 0) is 0 Å². The monoisotopic (exact) mass is 283 g/mol. The predicted molar refractivity (Wildman–Crippen MR) is 75.1 cm³/mol. The quantitative estimate of drug-likeness (QED) is 0.919. The lowest BCUT2D eigenvalue weighted by molar-refractivity contribution is 0.0697. The second-order valence-corrected chi connectivity index (χ2v) is 5.16. The van der Waals surface area contributed by atoms with E-state index in [1.54, 1.807) is 6.07 Å². The third kappa shape index (κ3) is 2.98. The highest BCUT2D eigenvalue weighted by atomic mass is 35.5. The normalized spacial score (nSPS) is 20.6. The van der Waals surface area contributed by atoms with Crippen molar-refractivity contribution in [1.82, 2.24) is 9.88 Å². The van der Waals surface area contributed by atoms with Crippen LogP contribution in [0.25, 0.3) is 0 Å². The summed E-state index contributed by atoms with van der Waals surface area (Å²) in [6.45, 7) is 8.01. The lowest BCUT2D eigenvalue weighted by Gasteiger charge is -2.40. The van der Waals surface area contributed by atoms with Gasteiger partial charge in [-0.1, -0.05) is 18.5 Å². The lowest BCUT2D eigenvalue weighted by Crippen LogP contribution is -2.52. The minimum Gasteiger partial charge on any atom is -0.478 e. The third-order valence-corrected chi connectivity index (χ3v) is 3.87. The zero-order valence-corrected chi connectivity index (χ0v) is 11.9. The number of likely N-dealkylation sites (N-methyl/N-ethyl adjacent to an activating group) is 1. The molecule has 1 atom stereocenters. The molecule has 0 bridgehead atoms. The Morgan fingerprint density at radius 3 is 2.89 bits per heavy atom. The van der Waals surface area contributed by atoms with Crippen LogP contribution in [-0.4, -0.2) is 53.2 Å². The number of carbonyl (C=O) groups is 1. The molecule has 1 aliphatic heterocycles. The first-order valence-corrected chi connectivity index (χ1v) is 6.78. The van der Waals surface area contributed by atoms with E-state index >= 15 is 0 Å². The molecule has 0 amide bonds. The maximum atomic E-state index is 11.1. The van der Waals surface area contributed by atoms with E-state index in [-0.39, 0.29) is 10.6 Å². The smallest absolute Gasteiger partial charge is 0.337 e. The molecule has 1 aliphatic rings. The second-order valence-electron chi connectivity index (χ2n) is 4.75. The Balaban J connectivity index is 2.19. The molecule has 2 heterocycles. The van der Waals surface area contributed by atoms with E-state index in [1.807, 2.05) is 0 Å². The lowest BCUT2D eigenvalue weighted by atomic mass is 10.2. The molecule has 6 heteroatoms. The van der Waals surface area contributed by atoms with E-state index in [1.165, 1.54) is 6.20 Å². The summed E-state index contributed by atoms with van der Waals surface area (Å²) in [4.78, 5) is 19.8. The van der Waals surface area contributed by atoms with Crippen LogP contribution in [0.4, 0.5) is 5.82 Å². The Morgan fingerprint density at radius 1 is 1.58 bits per heavy atom. The Labute approximate surface area is 117 Å². The average molecular weight is 284 g/mol. The Bertz CT molecular complexity index is 481. The van der Waals surface area contributed by atoms with Crippen molar-refractivity contribution in [2.45, 2.75) is 19.9 Å². The van der Waals surface area contributed by atoms with Crippen LogP contribution in [0.15, 0.2) is 12.3 Å². The largest absolute Gasteiger partial charge is 0.478 e. The van der Waals surface area contributed by atoms with Gasteiger partial charge in [-0.05, 0) is 19.5 Å². The van der Waals surface area contributed by atoms with Gasteiger partial charge in [-0.2, -0.15) is 0 Å². The molecule has 0 aromatic carbocycles. The first kappa shape index (κ1) is 14.1. The third-order valence-electron chi connectivity index (χ3n) is 3.57. The van der Waals surface area contributed by atoms with Crippen molar-refractivity contribution < 1.29 is 9.90 Å². The fourth-order valence-corrected chi connectivity index (χ4v) is 2.62. The fourth-order valence-electron chi connectivity index (χ4n) is 2.44. The van der Waals surface area contributed by atoms with Gasteiger partial charge in [0.15, 0.2) is 0 Å². The number of pyridine rings is 1. The fraction of sp³-hybridized carbons (Fsp3) is 0.538. The van der Waals surface area contributed by atoms with Gasteiger partial charge in [0.25, 0.3) is 0 Å². The molecular weight excluding hydrogens is 266 g/mol. The van der Waals surface area contributed by atoms with Crippen molar-refractivity contribution in [3.63, 3.8) is 0 Å². The highest BCUT2D eigenvalue weighted by Crippen LogP contribution is 2.22. The number of rotatable bonds is 3. The second kappa shape index (κ2) is 5.75. The molecule has 1 saturated heterocycles. The van der Waals surface area contributed by atoms with Gasteiger partial charge in [0, 0.05) is 31.9 Å². The van der Waals surface area contributed by atoms with Gasteiger partial charge in [-0.25, -0.2) is 9.78 Å². The van der Waals surface area contributed by atoms with Crippen molar-refractivity contribution in [3.05, 3.63) is 22.8 Å². The average Bonchev–Trinajstić information content (AvgIpc) is 2.38. The molecule has 0 radical (unpaired) electrons. The summed E-state index contributed by atoms with van der Waals surface area (Å²) in [5, 5.41) is 9.26. The molecule has 19 heavy (non-hydrogen) atoms. The van der Waals surface area contributed by atoms with E-state index in [0.717, 1.165) is 26.2 Å². The van der Waals surface area contributed by atoms with Crippen LogP contribution in [0.5, 0.6) is 0 Å². The number of piperazine rings is 1. The van der Waals surface area contributed by atoms with Crippen LogP contribution in [0.1, 0.15) is 24.2 Å². The summed E-state index contributed by atoms with van der Waals surface area (Å²) in [7, 11) is 0. The number of hydrogen-bond donors (Lipinski definition) is 1. The molecule has 1 unspecified atom stereocenters. The number of hydrogen-bond acceptors (Lipinski definition) is 4. The van der Waals surface area contributed by atoms with Crippen LogP contribution in [0, 0.1) is 0 Å². The number of carboxylic acids is 1. The molecule has 1 fully saturated rings. The summed E-state index contributed by atoms with van der Waals surface area (Å²) in [6.07, 6.45) is 1.41. The molecule has 0 saturated carbocycles. The van der Waals surface area contributed by atoms with Crippen molar-refractivity contribution in [2.24, 2.45) is 0 Å². The van der Waals surface area contributed by atoms with Gasteiger partial charge in [0.05, 0.1) is 10.6 Å². The maximum Gasteiger partial charge on any atom is 0.337 e. The van der Waals surface area contributed by atoms with Gasteiger partial charge in [-0.3, -0.25) is 4.90 Å². The molecule has 1 N–H and O–H groups in total. The Morgan fingerprint density at radius 2 is 2.32 bits per heavy atom. The van der Waals surface area contributed by atoms with Crippen LogP contribution in [0.3, 0.4) is 0 Å². The van der Waals surface area contributed by atoms with Crippen LogP contribution >= 0.6 is 11.6 Å². The summed E-state index contributed by atoms with van der Waals surface area (Å²) >= 11 is 5.83. The van der Waals surface area contributed by atoms with Crippen molar-refractivity contribution in [3.8, 4) is 0 Å². The van der Waals surface area contributed by atoms with Gasteiger partial charge in [0.1, 0.15) is 5.82 Å². The highest BCUT2D eigenvalue weighted by molar-refractivity contribution is 6.33. The van der Waals surface area contributed by atoms with E-state index in [0.29, 0.717) is 11.9 Å². The number of aromatic carboxylic acids is 1. The maximum absolute atomic E-state index is 11.1. The number of carboxylic acid groups (broad SMARTS) is 1. The molecule has 1 aromatic rings. The van der Waals surface area contributed by atoms with E-state index in [9.17, 15) is 4.79 Å². The summed E-state index contributed by atoms with van der Waals surface area (Å²) in [5.41, 5.74) is 0.109. The van der Waals surface area contributed by atoms with Crippen LogP contribution in [0.2, 0.25) is 5.02 Å². The minimum absolute atomic E-state index is 0.109. The van der Waals surface area contributed by atoms with Gasteiger partial charge >= 0.3 is 5.97 Å². The molecule has 1 aromatic heterocycles. The molecule has 2 rings (SSSR count). The summed E-state index contributed by atoms with van der Waals surface area (Å²) in [6, 6.07) is 1.99. The molecule has 0 aliphatic carbocycles. The van der Waals surface area contributed by atoms with Crippen molar-refractivity contribution in [2.75, 3.05) is 31.1 Å². The van der Waals surface area contributed by atoms with E-state index in [4.69, 9.17) is 16.7 Å². The molecule has 0 spiro atoms. The molecule has 5 nitrogen and oxygen atoms in total. The number of anilines is 1. The van der Waals surface area contributed by atoms with E-state index in [2.05, 4.69) is 28.6 Å². The standard InChI is InChI=1S/C13H18ClN3O2/c1-3-16-4-5-17(8-9(16)2)12-6-10(13(18)19)11(14)7-15-12/h6-7,9H,3-5,8H2,1-2H3,(H,18,19). The van der Waals surface area contributed by atoms with E-state index < -0.39 is 5.97 Å². The SMILES string of the molecule is CCN1CCN(c2cc(C(=O)O)c(Cl)cn2)CC1C.